The maximum absolute atomic E-state index is 13.1. The number of halogens is 3. The quantitative estimate of drug-likeness (QED) is 0.614. The van der Waals surface area contributed by atoms with Crippen LogP contribution in [0.4, 0.5) is 13.2 Å². The fourth-order valence-electron chi connectivity index (χ4n) is 2.21. The van der Waals surface area contributed by atoms with Gasteiger partial charge in [0, 0.05) is 5.56 Å². The van der Waals surface area contributed by atoms with Gasteiger partial charge in [-0.1, -0.05) is 30.3 Å². The summed E-state index contributed by atoms with van der Waals surface area (Å²) in [6, 6.07) is 10.1. The van der Waals surface area contributed by atoms with Crippen molar-refractivity contribution in [3.8, 4) is 0 Å². The Kier molecular flexibility index (Phi) is 5.73. The maximum Gasteiger partial charge on any atom is 0.416 e. The minimum atomic E-state index is -4.60. The number of carbonyl (C=O) groups excluding carboxylic acids is 1. The van der Waals surface area contributed by atoms with Crippen LogP contribution in [0.5, 0.6) is 0 Å². The van der Waals surface area contributed by atoms with Gasteiger partial charge in [0.25, 0.3) is 0 Å². The summed E-state index contributed by atoms with van der Waals surface area (Å²) in [5.74, 6) is -2.33. The fourth-order valence-corrected chi connectivity index (χ4v) is 2.85. The number of carboxylic acid groups (broad SMARTS) is 1. The third-order valence-corrected chi connectivity index (χ3v) is 4.10. The molecule has 132 valence electrons. The van der Waals surface area contributed by atoms with Crippen LogP contribution in [0.2, 0.25) is 0 Å². The Hall–Kier alpha value is -2.48. The Balaban J connectivity index is 2.36. The van der Waals surface area contributed by atoms with Crippen molar-refractivity contribution >= 4 is 23.7 Å². The highest BCUT2D eigenvalue weighted by Gasteiger charge is 2.36. The lowest BCUT2D eigenvalue weighted by atomic mass is 10.1. The summed E-state index contributed by atoms with van der Waals surface area (Å²) in [7, 11) is 0. The number of esters is 1. The molecule has 0 saturated carbocycles. The van der Waals surface area contributed by atoms with Crippen LogP contribution >= 0.6 is 11.8 Å². The molecule has 0 bridgehead atoms. The van der Waals surface area contributed by atoms with Gasteiger partial charge in [0.1, 0.15) is 0 Å². The summed E-state index contributed by atoms with van der Waals surface area (Å²) in [5.41, 5.74) is -2.85. The molecule has 0 aliphatic rings. The Morgan fingerprint density at radius 1 is 1.04 bits per heavy atom. The van der Waals surface area contributed by atoms with Crippen LogP contribution in [0.1, 0.15) is 37.3 Å². The zero-order chi connectivity index (χ0) is 18.6. The van der Waals surface area contributed by atoms with Crippen molar-refractivity contribution in [2.24, 2.45) is 0 Å². The van der Waals surface area contributed by atoms with Gasteiger partial charge in [0.05, 0.1) is 16.7 Å². The molecule has 25 heavy (non-hydrogen) atoms. The van der Waals surface area contributed by atoms with E-state index in [1.165, 1.54) is 48.7 Å². The molecule has 0 spiro atoms. The molecule has 0 heterocycles. The van der Waals surface area contributed by atoms with Crippen molar-refractivity contribution in [3.63, 3.8) is 0 Å². The molecule has 1 atom stereocenters. The smallest absolute Gasteiger partial charge is 0.416 e. The Labute approximate surface area is 145 Å². The van der Waals surface area contributed by atoms with E-state index >= 15 is 0 Å². The molecule has 2 aromatic rings. The summed E-state index contributed by atoms with van der Waals surface area (Å²) in [4.78, 5) is 23.5. The van der Waals surface area contributed by atoms with Crippen molar-refractivity contribution in [3.05, 3.63) is 70.8 Å². The molecule has 0 radical (unpaired) electrons. The van der Waals surface area contributed by atoms with Crippen LogP contribution in [0, 0.1) is 0 Å². The maximum atomic E-state index is 13.1. The number of hydrogen-bond acceptors (Lipinski definition) is 4. The largest absolute Gasteiger partial charge is 0.478 e. The van der Waals surface area contributed by atoms with Gasteiger partial charge in [0.2, 0.25) is 0 Å². The van der Waals surface area contributed by atoms with E-state index in [2.05, 4.69) is 0 Å². The number of thioether (sulfide) groups is 1. The lowest BCUT2D eigenvalue weighted by molar-refractivity contribution is -0.138. The first kappa shape index (κ1) is 18.9. The van der Waals surface area contributed by atoms with Crippen molar-refractivity contribution in [1.29, 1.82) is 0 Å². The van der Waals surface area contributed by atoms with Crippen molar-refractivity contribution in [2.75, 3.05) is 6.26 Å². The Morgan fingerprint density at radius 2 is 1.60 bits per heavy atom. The monoisotopic (exact) mass is 370 g/mol. The third-order valence-electron chi connectivity index (χ3n) is 3.33. The lowest BCUT2D eigenvalue weighted by Crippen LogP contribution is -2.17. The van der Waals surface area contributed by atoms with E-state index in [4.69, 9.17) is 9.84 Å². The number of aromatic carboxylic acids is 1. The van der Waals surface area contributed by atoms with Crippen molar-refractivity contribution in [2.45, 2.75) is 11.6 Å². The van der Waals surface area contributed by atoms with E-state index < -0.39 is 29.1 Å². The van der Waals surface area contributed by atoms with Crippen molar-refractivity contribution < 1.29 is 32.6 Å². The van der Waals surface area contributed by atoms with Gasteiger partial charge >= 0.3 is 18.1 Å². The van der Waals surface area contributed by atoms with E-state index in [1.54, 1.807) is 0 Å². The van der Waals surface area contributed by atoms with Gasteiger partial charge in [-0.2, -0.15) is 13.2 Å². The number of carbonyl (C=O) groups is 2. The summed E-state index contributed by atoms with van der Waals surface area (Å²) >= 11 is 0.900. The second-order valence-electron chi connectivity index (χ2n) is 4.91. The molecule has 0 aromatic heterocycles. The second kappa shape index (κ2) is 7.60. The summed E-state index contributed by atoms with van der Waals surface area (Å²) in [6.07, 6.45) is -3.11. The molecule has 0 amide bonds. The molecule has 2 aromatic carbocycles. The van der Waals surface area contributed by atoms with E-state index in [-0.39, 0.29) is 16.7 Å². The number of hydrogen-bond donors (Lipinski definition) is 1. The number of ether oxygens (including phenoxy) is 1. The van der Waals surface area contributed by atoms with Gasteiger partial charge in [-0.3, -0.25) is 0 Å². The van der Waals surface area contributed by atoms with Crippen LogP contribution in [0.3, 0.4) is 0 Å². The molecule has 0 saturated heterocycles. The highest BCUT2D eigenvalue weighted by molar-refractivity contribution is 7.98. The minimum absolute atomic E-state index is 0.205. The number of benzene rings is 2. The van der Waals surface area contributed by atoms with Gasteiger partial charge in [0.15, 0.2) is 5.44 Å². The van der Waals surface area contributed by atoms with Crippen LogP contribution in [0.25, 0.3) is 0 Å². The standard InChI is InChI=1S/C17H13F3O4S/c1-25-16(12-8-4-5-9-13(12)17(18,19)20)24-15(23)11-7-3-2-6-10(11)14(21)22/h2-9,16H,1H3,(H,21,22). The number of rotatable bonds is 5. The number of carboxylic acids is 1. The topological polar surface area (TPSA) is 63.6 Å². The van der Waals surface area contributed by atoms with Crippen LogP contribution in [0.15, 0.2) is 48.5 Å². The van der Waals surface area contributed by atoms with Crippen molar-refractivity contribution in [1.82, 2.24) is 0 Å². The SMILES string of the molecule is CSC(OC(=O)c1ccccc1C(=O)O)c1ccccc1C(F)(F)F. The fraction of sp³-hybridized carbons (Fsp3) is 0.176. The molecular formula is C17H13F3O4S. The molecule has 8 heteroatoms. The highest BCUT2D eigenvalue weighted by Crippen LogP contribution is 2.39. The van der Waals surface area contributed by atoms with E-state index in [9.17, 15) is 22.8 Å². The van der Waals surface area contributed by atoms with Crippen LogP contribution < -0.4 is 0 Å². The average molecular weight is 370 g/mol. The molecule has 4 nitrogen and oxygen atoms in total. The first-order chi connectivity index (χ1) is 11.8. The van der Waals surface area contributed by atoms with Crippen LogP contribution in [-0.4, -0.2) is 23.3 Å². The summed E-state index contributed by atoms with van der Waals surface area (Å²) in [6.45, 7) is 0. The molecule has 1 N–H and O–H groups in total. The Morgan fingerprint density at radius 3 is 2.16 bits per heavy atom. The predicted octanol–water partition coefficient (Wildman–Crippen LogP) is 4.62. The minimum Gasteiger partial charge on any atom is -0.478 e. The zero-order valence-electron chi connectivity index (χ0n) is 12.9. The predicted molar refractivity (Wildman–Crippen MR) is 86.5 cm³/mol. The highest BCUT2D eigenvalue weighted by atomic mass is 32.2. The van der Waals surface area contributed by atoms with Gasteiger partial charge in [-0.05, 0) is 24.5 Å². The first-order valence-electron chi connectivity index (χ1n) is 6.98. The lowest BCUT2D eigenvalue weighted by Gasteiger charge is -2.20. The van der Waals surface area contributed by atoms with Gasteiger partial charge in [-0.25, -0.2) is 9.59 Å². The van der Waals surface area contributed by atoms with Crippen LogP contribution in [-0.2, 0) is 10.9 Å². The third kappa shape index (κ3) is 4.33. The van der Waals surface area contributed by atoms with E-state index in [1.807, 2.05) is 0 Å². The van der Waals surface area contributed by atoms with E-state index in [0.29, 0.717) is 0 Å². The normalized spacial score (nSPS) is 12.5. The second-order valence-corrected chi connectivity index (χ2v) is 5.81. The van der Waals surface area contributed by atoms with Gasteiger partial charge < -0.3 is 9.84 Å². The summed E-state index contributed by atoms with van der Waals surface area (Å²) < 4.78 is 44.6. The molecule has 0 aliphatic heterocycles. The average Bonchev–Trinajstić information content (AvgIpc) is 2.58. The van der Waals surface area contributed by atoms with Gasteiger partial charge in [-0.15, -0.1) is 11.8 Å². The Bertz CT molecular complexity index is 789. The molecule has 2 rings (SSSR count). The first-order valence-corrected chi connectivity index (χ1v) is 8.26. The zero-order valence-corrected chi connectivity index (χ0v) is 13.7. The number of alkyl halides is 3. The van der Waals surface area contributed by atoms with E-state index in [0.717, 1.165) is 17.8 Å². The molecule has 0 fully saturated rings. The molecule has 1 unspecified atom stereocenters. The summed E-state index contributed by atoms with van der Waals surface area (Å²) in [5, 5.41) is 9.11. The molecular weight excluding hydrogens is 357 g/mol. The molecule has 0 aliphatic carbocycles.